The largest absolute Gasteiger partial charge is 0.410 e. The van der Waals surface area contributed by atoms with E-state index in [4.69, 9.17) is 27.9 Å². The van der Waals surface area contributed by atoms with Gasteiger partial charge < -0.3 is 20.3 Å². The maximum Gasteiger partial charge on any atom is 0.410 e. The number of morpholine rings is 1. The summed E-state index contributed by atoms with van der Waals surface area (Å²) in [5, 5.41) is 10.0. The molecule has 1 aromatic heterocycles. The topological polar surface area (TPSA) is 72.6 Å². The van der Waals surface area contributed by atoms with Crippen LogP contribution in [0.15, 0.2) is 24.3 Å². The fourth-order valence-corrected chi connectivity index (χ4v) is 4.39. The van der Waals surface area contributed by atoms with Crippen molar-refractivity contribution in [2.45, 2.75) is 24.7 Å². The van der Waals surface area contributed by atoms with Crippen LogP contribution >= 0.6 is 23.2 Å². The van der Waals surface area contributed by atoms with Crippen LogP contribution in [0.3, 0.4) is 0 Å². The number of amides is 1. The number of benzene rings is 1. The molecule has 1 amide bonds. The van der Waals surface area contributed by atoms with Gasteiger partial charge in [0, 0.05) is 11.4 Å². The van der Waals surface area contributed by atoms with E-state index < -0.39 is 24.2 Å². The lowest BCUT2D eigenvalue weighted by atomic mass is 9.97. The zero-order valence-corrected chi connectivity index (χ0v) is 18.5. The van der Waals surface area contributed by atoms with Crippen molar-refractivity contribution in [1.82, 2.24) is 15.1 Å². The number of quaternary nitrogens is 1. The maximum atomic E-state index is 13.9. The summed E-state index contributed by atoms with van der Waals surface area (Å²) < 4.78 is 47.6. The number of hydrogen-bond acceptors (Lipinski definition) is 4. The van der Waals surface area contributed by atoms with Gasteiger partial charge in [-0.3, -0.25) is 4.79 Å². The normalized spacial score (nSPS) is 21.7. The molecule has 32 heavy (non-hydrogen) atoms. The summed E-state index contributed by atoms with van der Waals surface area (Å²) in [4.78, 5) is 13.9. The number of carbonyl (C=O) groups excluding carboxylic acids is 1. The van der Waals surface area contributed by atoms with Crippen LogP contribution in [0.25, 0.3) is 0 Å². The number of carbonyl (C=O) groups is 1. The lowest BCUT2D eigenvalue weighted by molar-refractivity contribution is -0.906. The average molecular weight is 493 g/mol. The Kier molecular flexibility index (Phi) is 6.85. The molecule has 0 spiro atoms. The molecule has 12 heteroatoms. The van der Waals surface area contributed by atoms with Crippen molar-refractivity contribution in [2.24, 2.45) is 0 Å². The average Bonchev–Trinajstić information content (AvgIpc) is 3.10. The molecule has 0 saturated carbocycles. The number of ether oxygens (including phenoxy) is 1. The van der Waals surface area contributed by atoms with E-state index in [0.717, 1.165) is 17.8 Å². The molecule has 0 bridgehead atoms. The number of anilines is 1. The Balaban J connectivity index is 1.53. The minimum Gasteiger partial charge on any atom is -0.370 e. The van der Waals surface area contributed by atoms with Crippen LogP contribution in [0.2, 0.25) is 10.0 Å². The van der Waals surface area contributed by atoms with Gasteiger partial charge in [-0.2, -0.15) is 18.3 Å². The third-order valence-electron chi connectivity index (χ3n) is 5.75. The first-order valence-electron chi connectivity index (χ1n) is 10.3. The van der Waals surface area contributed by atoms with Crippen LogP contribution in [-0.2, 0) is 4.74 Å². The Morgan fingerprint density at radius 2 is 1.94 bits per heavy atom. The Bertz CT molecular complexity index is 961. The van der Waals surface area contributed by atoms with Crippen molar-refractivity contribution in [1.29, 1.82) is 0 Å². The highest BCUT2D eigenvalue weighted by molar-refractivity contribution is 6.36. The molecule has 1 fully saturated rings. The zero-order valence-electron chi connectivity index (χ0n) is 17.0. The monoisotopic (exact) mass is 492 g/mol. The number of alkyl halides is 3. The minimum atomic E-state index is -4.57. The Hall–Kier alpha value is -2.01. The van der Waals surface area contributed by atoms with Crippen molar-refractivity contribution in [3.05, 3.63) is 45.6 Å². The fraction of sp³-hybridized carbons (Fsp3) is 0.500. The molecule has 1 aromatic carbocycles. The van der Waals surface area contributed by atoms with E-state index in [-0.39, 0.29) is 23.0 Å². The first-order chi connectivity index (χ1) is 15.2. The van der Waals surface area contributed by atoms with Crippen molar-refractivity contribution in [3.8, 4) is 0 Å². The van der Waals surface area contributed by atoms with Gasteiger partial charge in [0.25, 0.3) is 5.91 Å². The SMILES string of the molecule is O=C(NCC[NH+]1CCOCC1)c1nn2c(c1Cl)NC(c1ccc(Cl)cc1)CC2C(F)(F)F. The van der Waals surface area contributed by atoms with Gasteiger partial charge in [-0.1, -0.05) is 35.3 Å². The molecule has 4 rings (SSSR count). The van der Waals surface area contributed by atoms with Crippen LogP contribution in [0.1, 0.15) is 34.6 Å². The van der Waals surface area contributed by atoms with Gasteiger partial charge in [0.05, 0.1) is 32.3 Å². The second-order valence-electron chi connectivity index (χ2n) is 7.87. The van der Waals surface area contributed by atoms with E-state index >= 15 is 0 Å². The van der Waals surface area contributed by atoms with Gasteiger partial charge in [-0.25, -0.2) is 4.68 Å². The highest BCUT2D eigenvalue weighted by Crippen LogP contribution is 2.46. The first-order valence-corrected chi connectivity index (χ1v) is 11.1. The number of nitrogens with zero attached hydrogens (tertiary/aromatic N) is 2. The highest BCUT2D eigenvalue weighted by Gasteiger charge is 2.47. The summed E-state index contributed by atoms with van der Waals surface area (Å²) in [7, 11) is 0. The standard InChI is InChI=1S/C20H22Cl2F3N5O2/c21-13-3-1-12(2-4-13)14-11-15(20(23,24)25)30-18(27-14)16(22)17(28-30)19(31)26-5-6-29-7-9-32-10-8-29/h1-4,14-15,27H,5-11H2,(H,26,31)/p+1. The molecule has 2 atom stereocenters. The van der Waals surface area contributed by atoms with E-state index in [9.17, 15) is 18.0 Å². The molecule has 2 aliphatic heterocycles. The molecule has 7 nitrogen and oxygen atoms in total. The lowest BCUT2D eigenvalue weighted by Gasteiger charge is -2.33. The number of nitrogens with one attached hydrogen (secondary N) is 3. The van der Waals surface area contributed by atoms with Gasteiger partial charge in [0.1, 0.15) is 23.9 Å². The highest BCUT2D eigenvalue weighted by atomic mass is 35.5. The molecule has 3 N–H and O–H groups in total. The van der Waals surface area contributed by atoms with E-state index in [0.29, 0.717) is 36.9 Å². The Morgan fingerprint density at radius 3 is 2.59 bits per heavy atom. The molecule has 0 aliphatic carbocycles. The molecular weight excluding hydrogens is 470 g/mol. The molecule has 1 saturated heterocycles. The number of rotatable bonds is 5. The van der Waals surface area contributed by atoms with Crippen LogP contribution in [-0.4, -0.2) is 61.3 Å². The first kappa shape index (κ1) is 23.2. The van der Waals surface area contributed by atoms with E-state index in [1.165, 1.54) is 4.90 Å². The third kappa shape index (κ3) is 4.98. The quantitative estimate of drug-likeness (QED) is 0.599. The maximum absolute atomic E-state index is 13.9. The molecular formula is C20H23Cl2F3N5O2+. The van der Waals surface area contributed by atoms with Crippen LogP contribution in [0, 0.1) is 0 Å². The molecule has 3 heterocycles. The predicted octanol–water partition coefficient (Wildman–Crippen LogP) is 2.50. The Labute approximate surface area is 192 Å². The summed E-state index contributed by atoms with van der Waals surface area (Å²) >= 11 is 12.2. The van der Waals surface area contributed by atoms with Gasteiger partial charge >= 0.3 is 6.18 Å². The predicted molar refractivity (Wildman–Crippen MR) is 113 cm³/mol. The smallest absolute Gasteiger partial charge is 0.370 e. The van der Waals surface area contributed by atoms with Crippen LogP contribution in [0.5, 0.6) is 0 Å². The number of aromatic nitrogens is 2. The van der Waals surface area contributed by atoms with E-state index in [1.54, 1.807) is 24.3 Å². The van der Waals surface area contributed by atoms with Gasteiger partial charge in [0.2, 0.25) is 0 Å². The number of hydrogen-bond donors (Lipinski definition) is 3. The molecule has 174 valence electrons. The van der Waals surface area contributed by atoms with Crippen molar-refractivity contribution in [2.75, 3.05) is 44.7 Å². The van der Waals surface area contributed by atoms with Crippen molar-refractivity contribution in [3.63, 3.8) is 0 Å². The molecule has 0 radical (unpaired) electrons. The number of fused-ring (bicyclic) bond motifs is 1. The Morgan fingerprint density at radius 1 is 1.25 bits per heavy atom. The van der Waals surface area contributed by atoms with Crippen LogP contribution in [0.4, 0.5) is 19.0 Å². The van der Waals surface area contributed by atoms with Crippen molar-refractivity contribution < 1.29 is 27.6 Å². The van der Waals surface area contributed by atoms with Gasteiger partial charge in [0.15, 0.2) is 11.7 Å². The zero-order chi connectivity index (χ0) is 22.9. The van der Waals surface area contributed by atoms with Crippen LogP contribution < -0.4 is 15.5 Å². The summed E-state index contributed by atoms with van der Waals surface area (Å²) in [6.45, 7) is 4.07. The lowest BCUT2D eigenvalue weighted by Crippen LogP contribution is -3.14. The number of halogens is 5. The molecule has 2 unspecified atom stereocenters. The van der Waals surface area contributed by atoms with E-state index in [1.807, 2.05) is 0 Å². The van der Waals surface area contributed by atoms with Gasteiger partial charge in [-0.05, 0) is 17.7 Å². The minimum absolute atomic E-state index is 0.0239. The summed E-state index contributed by atoms with van der Waals surface area (Å²) in [5.41, 5.74) is 0.406. The van der Waals surface area contributed by atoms with Crippen molar-refractivity contribution >= 4 is 34.9 Å². The molecule has 2 aromatic rings. The summed E-state index contributed by atoms with van der Waals surface area (Å²) in [6, 6.07) is 3.97. The van der Waals surface area contributed by atoms with E-state index in [2.05, 4.69) is 15.7 Å². The molecule has 2 aliphatic rings. The second kappa shape index (κ2) is 9.46. The second-order valence-corrected chi connectivity index (χ2v) is 8.68. The van der Waals surface area contributed by atoms with Gasteiger partial charge in [-0.15, -0.1) is 0 Å². The summed E-state index contributed by atoms with van der Waals surface area (Å²) in [5.74, 6) is -0.625. The third-order valence-corrected chi connectivity index (χ3v) is 6.36. The fourth-order valence-electron chi connectivity index (χ4n) is 3.99. The summed E-state index contributed by atoms with van der Waals surface area (Å²) in [6.07, 6.45) is -4.86.